The quantitative estimate of drug-likeness (QED) is 0.838. The van der Waals surface area contributed by atoms with Crippen molar-refractivity contribution in [1.82, 2.24) is 0 Å². The first-order chi connectivity index (χ1) is 6.68. The topological polar surface area (TPSA) is 35.2 Å². The van der Waals surface area contributed by atoms with Crippen molar-refractivity contribution in [3.05, 3.63) is 33.8 Å². The monoisotopic (exact) mass is 255 g/mol. The lowest BCUT2D eigenvalue weighted by molar-refractivity contribution is 0.104. The van der Waals surface area contributed by atoms with E-state index in [0.29, 0.717) is 0 Å². The van der Waals surface area contributed by atoms with Crippen molar-refractivity contribution < 1.29 is 4.74 Å². The number of hydrogen-bond acceptors (Lipinski definition) is 2. The molecule has 0 saturated carbocycles. The zero-order valence-electron chi connectivity index (χ0n) is 8.16. The summed E-state index contributed by atoms with van der Waals surface area (Å²) >= 11 is 3.55. The Morgan fingerprint density at radius 2 is 2.29 bits per heavy atom. The minimum atomic E-state index is 0.0602. The van der Waals surface area contributed by atoms with E-state index in [2.05, 4.69) is 41.1 Å². The SMILES string of the molecule is Cc1ccc(C2OCCC2N)c(Br)c1. The maximum atomic E-state index is 5.97. The molecule has 1 heterocycles. The highest BCUT2D eigenvalue weighted by atomic mass is 79.9. The van der Waals surface area contributed by atoms with Crippen LogP contribution >= 0.6 is 15.9 Å². The molecule has 0 aliphatic carbocycles. The van der Waals surface area contributed by atoms with E-state index in [0.717, 1.165) is 17.5 Å². The van der Waals surface area contributed by atoms with Crippen LogP contribution in [-0.2, 0) is 4.74 Å². The lowest BCUT2D eigenvalue weighted by Crippen LogP contribution is -2.23. The Balaban J connectivity index is 2.31. The van der Waals surface area contributed by atoms with E-state index in [-0.39, 0.29) is 12.1 Å². The molecule has 2 rings (SSSR count). The Morgan fingerprint density at radius 1 is 1.50 bits per heavy atom. The minimum absolute atomic E-state index is 0.0602. The maximum Gasteiger partial charge on any atom is 0.0987 e. The van der Waals surface area contributed by atoms with Crippen LogP contribution in [-0.4, -0.2) is 12.6 Å². The number of benzene rings is 1. The van der Waals surface area contributed by atoms with E-state index < -0.39 is 0 Å². The molecule has 2 N–H and O–H groups in total. The number of ether oxygens (including phenoxy) is 1. The van der Waals surface area contributed by atoms with Crippen LogP contribution in [0.3, 0.4) is 0 Å². The summed E-state index contributed by atoms with van der Waals surface area (Å²) in [7, 11) is 0. The molecule has 0 amide bonds. The number of rotatable bonds is 1. The van der Waals surface area contributed by atoms with Crippen molar-refractivity contribution in [2.45, 2.75) is 25.5 Å². The molecular weight excluding hydrogens is 242 g/mol. The molecule has 3 heteroatoms. The summed E-state index contributed by atoms with van der Waals surface area (Å²) < 4.78 is 6.71. The van der Waals surface area contributed by atoms with Crippen LogP contribution in [0.4, 0.5) is 0 Å². The Hall–Kier alpha value is -0.380. The van der Waals surface area contributed by atoms with Gasteiger partial charge in [-0.3, -0.25) is 0 Å². The van der Waals surface area contributed by atoms with E-state index >= 15 is 0 Å². The molecule has 1 aromatic carbocycles. The van der Waals surface area contributed by atoms with Gasteiger partial charge in [0.2, 0.25) is 0 Å². The molecule has 0 bridgehead atoms. The van der Waals surface area contributed by atoms with Crippen LogP contribution in [0.1, 0.15) is 23.7 Å². The Morgan fingerprint density at radius 3 is 2.86 bits per heavy atom. The highest BCUT2D eigenvalue weighted by Crippen LogP contribution is 2.33. The van der Waals surface area contributed by atoms with E-state index in [4.69, 9.17) is 10.5 Å². The van der Waals surface area contributed by atoms with Crippen molar-refractivity contribution in [3.63, 3.8) is 0 Å². The van der Waals surface area contributed by atoms with Gasteiger partial charge in [0, 0.05) is 17.1 Å². The third-order valence-corrected chi connectivity index (χ3v) is 3.29. The van der Waals surface area contributed by atoms with Crippen LogP contribution in [0.5, 0.6) is 0 Å². The molecule has 0 spiro atoms. The molecule has 14 heavy (non-hydrogen) atoms. The second-order valence-electron chi connectivity index (χ2n) is 3.77. The zero-order valence-corrected chi connectivity index (χ0v) is 9.75. The summed E-state index contributed by atoms with van der Waals surface area (Å²) in [4.78, 5) is 0. The Kier molecular flexibility index (Phi) is 2.91. The first kappa shape index (κ1) is 10.1. The van der Waals surface area contributed by atoms with Crippen LogP contribution in [0, 0.1) is 6.92 Å². The predicted molar refractivity (Wildman–Crippen MR) is 60.2 cm³/mol. The fraction of sp³-hybridized carbons (Fsp3) is 0.455. The molecule has 1 aliphatic rings. The molecule has 1 saturated heterocycles. The molecule has 0 aromatic heterocycles. The van der Waals surface area contributed by atoms with Crippen molar-refractivity contribution >= 4 is 15.9 Å². The van der Waals surface area contributed by atoms with Crippen molar-refractivity contribution in [1.29, 1.82) is 0 Å². The molecule has 1 aromatic rings. The Labute approximate surface area is 92.6 Å². The molecule has 0 radical (unpaired) electrons. The molecule has 2 unspecified atom stereocenters. The van der Waals surface area contributed by atoms with Gasteiger partial charge in [-0.2, -0.15) is 0 Å². The van der Waals surface area contributed by atoms with Crippen molar-refractivity contribution in [2.75, 3.05) is 6.61 Å². The van der Waals surface area contributed by atoms with Gasteiger partial charge >= 0.3 is 0 Å². The highest BCUT2D eigenvalue weighted by molar-refractivity contribution is 9.10. The molecule has 1 fully saturated rings. The standard InChI is InChI=1S/C11H14BrNO/c1-7-2-3-8(9(12)6-7)11-10(13)4-5-14-11/h2-3,6,10-11H,4-5,13H2,1H3. The predicted octanol–water partition coefficient (Wildman–Crippen LogP) is 2.55. The molecule has 1 aliphatic heterocycles. The molecule has 2 atom stereocenters. The van der Waals surface area contributed by atoms with Gasteiger partial charge in [0.15, 0.2) is 0 Å². The molecular formula is C11H14BrNO. The summed E-state index contributed by atoms with van der Waals surface area (Å²) in [6.07, 6.45) is 1.01. The van der Waals surface area contributed by atoms with Gasteiger partial charge in [-0.05, 0) is 30.5 Å². The van der Waals surface area contributed by atoms with Gasteiger partial charge in [-0.1, -0.05) is 28.1 Å². The van der Waals surface area contributed by atoms with E-state index in [1.54, 1.807) is 0 Å². The van der Waals surface area contributed by atoms with Crippen molar-refractivity contribution in [2.24, 2.45) is 5.73 Å². The van der Waals surface area contributed by atoms with Gasteiger partial charge < -0.3 is 10.5 Å². The Bertz CT molecular complexity index is 340. The maximum absolute atomic E-state index is 5.97. The third kappa shape index (κ3) is 1.85. The first-order valence-electron chi connectivity index (χ1n) is 4.81. The average molecular weight is 256 g/mol. The fourth-order valence-electron chi connectivity index (χ4n) is 1.79. The van der Waals surface area contributed by atoms with Crippen LogP contribution in [0.25, 0.3) is 0 Å². The first-order valence-corrected chi connectivity index (χ1v) is 5.61. The van der Waals surface area contributed by atoms with Crippen LogP contribution < -0.4 is 5.73 Å². The third-order valence-electron chi connectivity index (χ3n) is 2.60. The number of hydrogen-bond donors (Lipinski definition) is 1. The summed E-state index contributed by atoms with van der Waals surface area (Å²) in [5.74, 6) is 0. The van der Waals surface area contributed by atoms with Gasteiger partial charge in [-0.25, -0.2) is 0 Å². The van der Waals surface area contributed by atoms with E-state index in [1.807, 2.05) is 0 Å². The summed E-state index contributed by atoms with van der Waals surface area (Å²) in [5.41, 5.74) is 8.38. The van der Waals surface area contributed by atoms with Crippen molar-refractivity contribution in [3.8, 4) is 0 Å². The number of halogens is 1. The average Bonchev–Trinajstić information content (AvgIpc) is 2.52. The van der Waals surface area contributed by atoms with E-state index in [9.17, 15) is 0 Å². The van der Waals surface area contributed by atoms with Gasteiger partial charge in [-0.15, -0.1) is 0 Å². The largest absolute Gasteiger partial charge is 0.372 e. The minimum Gasteiger partial charge on any atom is -0.372 e. The zero-order chi connectivity index (χ0) is 10.1. The van der Waals surface area contributed by atoms with Crippen LogP contribution in [0.2, 0.25) is 0 Å². The molecule has 76 valence electrons. The lowest BCUT2D eigenvalue weighted by atomic mass is 10.0. The normalized spacial score (nSPS) is 26.8. The fourth-order valence-corrected chi connectivity index (χ4v) is 2.51. The molecule has 2 nitrogen and oxygen atoms in total. The summed E-state index contributed by atoms with van der Waals surface area (Å²) in [6.45, 7) is 2.84. The summed E-state index contributed by atoms with van der Waals surface area (Å²) in [6, 6.07) is 6.42. The van der Waals surface area contributed by atoms with Crippen LogP contribution in [0.15, 0.2) is 22.7 Å². The second-order valence-corrected chi connectivity index (χ2v) is 4.62. The smallest absolute Gasteiger partial charge is 0.0987 e. The van der Waals surface area contributed by atoms with Gasteiger partial charge in [0.1, 0.15) is 0 Å². The van der Waals surface area contributed by atoms with Gasteiger partial charge in [0.25, 0.3) is 0 Å². The van der Waals surface area contributed by atoms with E-state index in [1.165, 1.54) is 11.1 Å². The number of nitrogens with two attached hydrogens (primary N) is 1. The second kappa shape index (κ2) is 4.01. The van der Waals surface area contributed by atoms with Gasteiger partial charge in [0.05, 0.1) is 6.10 Å². The highest BCUT2D eigenvalue weighted by Gasteiger charge is 2.27. The lowest BCUT2D eigenvalue weighted by Gasteiger charge is -2.16. The number of aryl methyl sites for hydroxylation is 1. The summed E-state index contributed by atoms with van der Waals surface area (Å²) in [5, 5.41) is 0.